The van der Waals surface area contributed by atoms with Crippen LogP contribution in [0.15, 0.2) is 70.6 Å². The fourth-order valence-corrected chi connectivity index (χ4v) is 3.61. The van der Waals surface area contributed by atoms with Crippen molar-refractivity contribution >= 4 is 15.9 Å². The van der Waals surface area contributed by atoms with Gasteiger partial charge in [-0.3, -0.25) is 4.79 Å². The third-order valence-electron chi connectivity index (χ3n) is 3.88. The minimum Gasteiger partial charge on any atom is -0.497 e. The predicted molar refractivity (Wildman–Crippen MR) is 95.2 cm³/mol. The first-order chi connectivity index (χ1) is 12.3. The highest BCUT2D eigenvalue weighted by Crippen LogP contribution is 2.17. The third kappa shape index (κ3) is 3.06. The molecular formula is C18H16N2O5S. The van der Waals surface area contributed by atoms with Crippen LogP contribution in [-0.4, -0.2) is 30.0 Å². The molecule has 3 rings (SSSR count). The summed E-state index contributed by atoms with van der Waals surface area (Å²) in [5.74, 6) is -0.109. The van der Waals surface area contributed by atoms with Gasteiger partial charge in [-0.15, -0.1) is 0 Å². The van der Waals surface area contributed by atoms with Crippen LogP contribution < -0.4 is 10.4 Å². The van der Waals surface area contributed by atoms with Crippen LogP contribution >= 0.6 is 0 Å². The molecule has 0 aliphatic heterocycles. The number of methoxy groups -OCH3 is 1. The lowest BCUT2D eigenvalue weighted by atomic mass is 10.1. The van der Waals surface area contributed by atoms with Gasteiger partial charge in [0.15, 0.2) is 0 Å². The molecule has 0 saturated carbocycles. The summed E-state index contributed by atoms with van der Waals surface area (Å²) in [6.07, 6.45) is 2.21. The van der Waals surface area contributed by atoms with Gasteiger partial charge in [0, 0.05) is 18.0 Å². The number of carbonyl (C=O) groups is 1. The van der Waals surface area contributed by atoms with E-state index in [4.69, 9.17) is 4.74 Å². The Morgan fingerprint density at radius 2 is 1.58 bits per heavy atom. The van der Waals surface area contributed by atoms with E-state index in [1.807, 2.05) is 6.92 Å². The Labute approximate surface area is 150 Å². The van der Waals surface area contributed by atoms with Crippen molar-refractivity contribution in [1.29, 1.82) is 0 Å². The summed E-state index contributed by atoms with van der Waals surface area (Å²) in [7, 11) is -2.66. The van der Waals surface area contributed by atoms with Crippen LogP contribution in [0, 0.1) is 6.92 Å². The van der Waals surface area contributed by atoms with Gasteiger partial charge in [0.1, 0.15) is 5.75 Å². The molecule has 2 aromatic carbocycles. The number of aryl methyl sites for hydroxylation is 1. The largest absolute Gasteiger partial charge is 0.497 e. The summed E-state index contributed by atoms with van der Waals surface area (Å²) >= 11 is 0. The summed E-state index contributed by atoms with van der Waals surface area (Å²) in [5.41, 5.74) is 0.303. The van der Waals surface area contributed by atoms with Gasteiger partial charge in [0.2, 0.25) is 0 Å². The van der Waals surface area contributed by atoms with E-state index in [-0.39, 0.29) is 10.5 Å². The first-order valence-corrected chi connectivity index (χ1v) is 9.09. The van der Waals surface area contributed by atoms with Crippen molar-refractivity contribution in [1.82, 2.24) is 8.54 Å². The molecule has 0 bridgehead atoms. The summed E-state index contributed by atoms with van der Waals surface area (Å²) in [5, 5.41) is 0. The van der Waals surface area contributed by atoms with Crippen LogP contribution in [0.1, 0.15) is 15.9 Å². The maximum Gasteiger partial charge on any atom is 0.349 e. The Balaban J connectivity index is 2.01. The zero-order valence-electron chi connectivity index (χ0n) is 14.1. The summed E-state index contributed by atoms with van der Waals surface area (Å²) < 4.78 is 31.6. The number of carbonyl (C=O) groups excluding carboxylic acids is 1. The minimum absolute atomic E-state index is 0.0825. The average molecular weight is 372 g/mol. The third-order valence-corrected chi connectivity index (χ3v) is 5.54. The van der Waals surface area contributed by atoms with Crippen molar-refractivity contribution in [2.45, 2.75) is 11.8 Å². The molecule has 26 heavy (non-hydrogen) atoms. The molecule has 8 heteroatoms. The highest BCUT2D eigenvalue weighted by atomic mass is 32.2. The van der Waals surface area contributed by atoms with Gasteiger partial charge >= 0.3 is 5.69 Å². The normalized spacial score (nSPS) is 11.3. The van der Waals surface area contributed by atoms with Gasteiger partial charge in [0.05, 0.1) is 12.0 Å². The van der Waals surface area contributed by atoms with Crippen molar-refractivity contribution < 1.29 is 17.9 Å². The van der Waals surface area contributed by atoms with E-state index in [9.17, 15) is 18.0 Å². The Morgan fingerprint density at radius 3 is 2.15 bits per heavy atom. The van der Waals surface area contributed by atoms with Crippen LogP contribution in [0.25, 0.3) is 0 Å². The topological polar surface area (TPSA) is 87.4 Å². The lowest BCUT2D eigenvalue weighted by Crippen LogP contribution is -2.32. The fourth-order valence-electron chi connectivity index (χ4n) is 2.39. The zero-order chi connectivity index (χ0) is 18.9. The van der Waals surface area contributed by atoms with E-state index < -0.39 is 21.6 Å². The highest BCUT2D eigenvalue weighted by molar-refractivity contribution is 7.90. The van der Waals surface area contributed by atoms with Crippen LogP contribution in [0.2, 0.25) is 0 Å². The molecule has 0 atom stereocenters. The van der Waals surface area contributed by atoms with Gasteiger partial charge in [0.25, 0.3) is 15.9 Å². The molecule has 134 valence electrons. The second-order valence-electron chi connectivity index (χ2n) is 5.60. The molecule has 7 nitrogen and oxygen atoms in total. The summed E-state index contributed by atoms with van der Waals surface area (Å²) in [6, 6.07) is 12.3. The summed E-state index contributed by atoms with van der Waals surface area (Å²) in [4.78, 5) is 24.9. The van der Waals surface area contributed by atoms with E-state index in [1.165, 1.54) is 31.4 Å². The molecule has 1 aromatic heterocycles. The second-order valence-corrected chi connectivity index (χ2v) is 7.41. The molecule has 0 radical (unpaired) electrons. The Kier molecular flexibility index (Phi) is 4.52. The molecule has 0 fully saturated rings. The van der Waals surface area contributed by atoms with Gasteiger partial charge in [-0.2, -0.15) is 3.97 Å². The fraction of sp³-hybridized carbons (Fsp3) is 0.111. The summed E-state index contributed by atoms with van der Waals surface area (Å²) in [6.45, 7) is 1.87. The number of hydrogen-bond acceptors (Lipinski definition) is 5. The highest BCUT2D eigenvalue weighted by Gasteiger charge is 2.23. The zero-order valence-corrected chi connectivity index (χ0v) is 14.9. The van der Waals surface area contributed by atoms with Gasteiger partial charge in [-0.1, -0.05) is 17.7 Å². The molecule has 1 heterocycles. The standard InChI is InChI=1S/C18H16N2O5S/c1-13-3-5-14(6-4-13)17(21)19-11-12-20(18(19)22)26(23,24)16-9-7-15(25-2)8-10-16/h3-12H,1-2H3. The van der Waals surface area contributed by atoms with Crippen molar-refractivity contribution in [3.05, 3.63) is 82.5 Å². The number of imidazole rings is 1. The molecule has 0 aliphatic carbocycles. The quantitative estimate of drug-likeness (QED) is 0.698. The van der Waals surface area contributed by atoms with Crippen LogP contribution in [0.3, 0.4) is 0 Å². The van der Waals surface area contributed by atoms with Crippen molar-refractivity contribution in [3.8, 4) is 5.75 Å². The SMILES string of the molecule is COc1ccc(S(=O)(=O)n2ccn(C(=O)c3ccc(C)cc3)c2=O)cc1. The van der Waals surface area contributed by atoms with Gasteiger partial charge in [-0.25, -0.2) is 17.8 Å². The smallest absolute Gasteiger partial charge is 0.349 e. The van der Waals surface area contributed by atoms with Crippen LogP contribution in [-0.2, 0) is 10.0 Å². The lowest BCUT2D eigenvalue weighted by Gasteiger charge is -2.06. The number of benzene rings is 2. The number of aromatic nitrogens is 2. The number of ether oxygens (including phenoxy) is 1. The lowest BCUT2D eigenvalue weighted by molar-refractivity contribution is 0.0956. The van der Waals surface area contributed by atoms with E-state index >= 15 is 0 Å². The molecule has 0 spiro atoms. The molecule has 0 saturated heterocycles. The predicted octanol–water partition coefficient (Wildman–Crippen LogP) is 1.89. The average Bonchev–Trinajstić information content (AvgIpc) is 3.04. The van der Waals surface area contributed by atoms with Crippen molar-refractivity contribution in [2.24, 2.45) is 0 Å². The van der Waals surface area contributed by atoms with E-state index in [0.29, 0.717) is 9.72 Å². The Bertz CT molecular complexity index is 1110. The van der Waals surface area contributed by atoms with Crippen molar-refractivity contribution in [3.63, 3.8) is 0 Å². The number of rotatable bonds is 4. The molecule has 0 N–H and O–H groups in total. The van der Waals surface area contributed by atoms with Crippen molar-refractivity contribution in [2.75, 3.05) is 7.11 Å². The first kappa shape index (κ1) is 17.7. The molecule has 0 amide bonds. The molecule has 0 unspecified atom stereocenters. The van der Waals surface area contributed by atoms with Gasteiger partial charge < -0.3 is 4.74 Å². The second kappa shape index (κ2) is 6.64. The Hall–Kier alpha value is -3.13. The maximum absolute atomic E-state index is 12.7. The van der Waals surface area contributed by atoms with Crippen LogP contribution in [0.5, 0.6) is 5.75 Å². The number of nitrogens with zero attached hydrogens (tertiary/aromatic N) is 2. The first-order valence-electron chi connectivity index (χ1n) is 7.65. The number of hydrogen-bond donors (Lipinski definition) is 0. The Morgan fingerprint density at radius 1 is 0.962 bits per heavy atom. The minimum atomic E-state index is -4.12. The van der Waals surface area contributed by atoms with Crippen LogP contribution in [0.4, 0.5) is 0 Å². The maximum atomic E-state index is 12.7. The molecule has 0 aliphatic rings. The molecular weight excluding hydrogens is 356 g/mol. The monoisotopic (exact) mass is 372 g/mol. The van der Waals surface area contributed by atoms with E-state index in [0.717, 1.165) is 22.5 Å². The molecule has 3 aromatic rings. The van der Waals surface area contributed by atoms with E-state index in [2.05, 4.69) is 0 Å². The van der Waals surface area contributed by atoms with E-state index in [1.54, 1.807) is 24.3 Å². The van der Waals surface area contributed by atoms with Gasteiger partial charge in [-0.05, 0) is 43.3 Å².